The number of rotatable bonds is 8. The van der Waals surface area contributed by atoms with Crippen LogP contribution in [0.2, 0.25) is 0 Å². The molecule has 1 amide bonds. The highest BCUT2D eigenvalue weighted by molar-refractivity contribution is 5.81. The highest BCUT2D eigenvalue weighted by Gasteiger charge is 2.16. The second-order valence-corrected chi connectivity index (χ2v) is 4.48. The first-order valence-electron chi connectivity index (χ1n) is 6.28. The van der Waals surface area contributed by atoms with E-state index in [2.05, 4.69) is 12.1 Å². The Morgan fingerprint density at radius 3 is 2.47 bits per heavy atom. The molecule has 0 bridgehead atoms. The molecule has 0 atom stereocenters. The van der Waals surface area contributed by atoms with E-state index in [1.807, 2.05) is 13.8 Å². The van der Waals surface area contributed by atoms with Crippen molar-refractivity contribution < 1.29 is 10.0 Å². The van der Waals surface area contributed by atoms with Gasteiger partial charge in [-0.3, -0.25) is 4.79 Å². The van der Waals surface area contributed by atoms with E-state index in [1.165, 1.54) is 0 Å². The number of nitrogens with two attached hydrogens (primary N) is 1. The van der Waals surface area contributed by atoms with E-state index < -0.39 is 0 Å². The van der Waals surface area contributed by atoms with Crippen molar-refractivity contribution in [2.45, 2.75) is 58.9 Å². The summed E-state index contributed by atoms with van der Waals surface area (Å²) in [6.45, 7) is 6.58. The van der Waals surface area contributed by atoms with Gasteiger partial charge in [0.2, 0.25) is 5.91 Å². The number of amidine groups is 1. The molecule has 0 aliphatic rings. The third-order valence-corrected chi connectivity index (χ3v) is 2.68. The summed E-state index contributed by atoms with van der Waals surface area (Å²) in [5, 5.41) is 11.4. The average Bonchev–Trinajstić information content (AvgIpc) is 2.28. The lowest BCUT2D eigenvalue weighted by Gasteiger charge is -2.26. The normalized spacial score (nSPS) is 11.9. The lowest BCUT2D eigenvalue weighted by Crippen LogP contribution is -2.39. The highest BCUT2D eigenvalue weighted by atomic mass is 16.4. The van der Waals surface area contributed by atoms with Crippen LogP contribution in [-0.2, 0) is 4.79 Å². The van der Waals surface area contributed by atoms with Crippen LogP contribution < -0.4 is 5.73 Å². The molecule has 0 aromatic carbocycles. The monoisotopic (exact) mass is 243 g/mol. The fourth-order valence-electron chi connectivity index (χ4n) is 1.63. The summed E-state index contributed by atoms with van der Waals surface area (Å²) < 4.78 is 0. The number of carbonyl (C=O) groups excluding carboxylic acids is 1. The number of hydrogen-bond acceptors (Lipinski definition) is 3. The first kappa shape index (κ1) is 15.7. The van der Waals surface area contributed by atoms with Gasteiger partial charge in [0.1, 0.15) is 5.84 Å². The van der Waals surface area contributed by atoms with Gasteiger partial charge in [-0.2, -0.15) is 0 Å². The zero-order valence-corrected chi connectivity index (χ0v) is 11.1. The van der Waals surface area contributed by atoms with Crippen molar-refractivity contribution in [2.75, 3.05) is 6.54 Å². The number of hydrogen-bond donors (Lipinski definition) is 2. The van der Waals surface area contributed by atoms with Gasteiger partial charge in [0.25, 0.3) is 0 Å². The third kappa shape index (κ3) is 6.81. The van der Waals surface area contributed by atoms with Crippen LogP contribution in [0.1, 0.15) is 52.9 Å². The Hall–Kier alpha value is -1.26. The van der Waals surface area contributed by atoms with E-state index in [1.54, 1.807) is 4.90 Å². The summed E-state index contributed by atoms with van der Waals surface area (Å²) in [6.07, 6.45) is 4.12. The Morgan fingerprint density at radius 1 is 1.35 bits per heavy atom. The summed E-state index contributed by atoms with van der Waals surface area (Å²) in [5.74, 6) is 0.316. The maximum Gasteiger partial charge on any atom is 0.222 e. The molecule has 0 aromatic heterocycles. The number of nitrogens with zero attached hydrogens (tertiary/aromatic N) is 2. The SMILES string of the molecule is CCCCCC(=O)N(CCC(N)=NO)C(C)C. The lowest BCUT2D eigenvalue weighted by atomic mass is 10.1. The summed E-state index contributed by atoms with van der Waals surface area (Å²) in [7, 11) is 0. The van der Waals surface area contributed by atoms with Crippen molar-refractivity contribution in [1.82, 2.24) is 4.90 Å². The average molecular weight is 243 g/mol. The molecular weight excluding hydrogens is 218 g/mol. The molecule has 0 aliphatic carbocycles. The van der Waals surface area contributed by atoms with Crippen LogP contribution in [0.3, 0.4) is 0 Å². The maximum absolute atomic E-state index is 11.9. The highest BCUT2D eigenvalue weighted by Crippen LogP contribution is 2.07. The topological polar surface area (TPSA) is 78.9 Å². The Labute approximate surface area is 104 Å². The lowest BCUT2D eigenvalue weighted by molar-refractivity contribution is -0.132. The van der Waals surface area contributed by atoms with Gasteiger partial charge in [-0.1, -0.05) is 24.9 Å². The molecule has 0 radical (unpaired) electrons. The summed E-state index contributed by atoms with van der Waals surface area (Å²) in [5.41, 5.74) is 5.41. The Bertz CT molecular complexity index is 252. The molecule has 0 aromatic rings. The summed E-state index contributed by atoms with van der Waals surface area (Å²) >= 11 is 0. The van der Waals surface area contributed by atoms with Crippen molar-refractivity contribution in [1.29, 1.82) is 0 Å². The number of unbranched alkanes of at least 4 members (excludes halogenated alkanes) is 2. The van der Waals surface area contributed by atoms with Crippen LogP contribution in [-0.4, -0.2) is 34.4 Å². The summed E-state index contributed by atoms with van der Waals surface area (Å²) in [6, 6.07) is 0.149. The van der Waals surface area contributed by atoms with E-state index in [0.29, 0.717) is 19.4 Å². The molecule has 3 N–H and O–H groups in total. The molecule has 0 unspecified atom stereocenters. The number of carbonyl (C=O) groups is 1. The zero-order valence-electron chi connectivity index (χ0n) is 11.1. The van der Waals surface area contributed by atoms with Crippen molar-refractivity contribution in [3.05, 3.63) is 0 Å². The first-order chi connectivity index (χ1) is 8.02. The fraction of sp³-hybridized carbons (Fsp3) is 0.833. The fourth-order valence-corrected chi connectivity index (χ4v) is 1.63. The van der Waals surface area contributed by atoms with Crippen molar-refractivity contribution >= 4 is 11.7 Å². The van der Waals surface area contributed by atoms with Gasteiger partial charge in [-0.25, -0.2) is 0 Å². The second kappa shape index (κ2) is 8.84. The standard InChI is InChI=1S/C12H25N3O2/c1-4-5-6-7-12(16)15(10(2)3)9-8-11(13)14-17/h10,17H,4-9H2,1-3H3,(H2,13,14). The minimum Gasteiger partial charge on any atom is -0.409 e. The molecular formula is C12H25N3O2. The predicted octanol–water partition coefficient (Wildman–Crippen LogP) is 1.94. The van der Waals surface area contributed by atoms with Gasteiger partial charge in [-0.15, -0.1) is 0 Å². The van der Waals surface area contributed by atoms with Gasteiger partial charge < -0.3 is 15.8 Å². The molecule has 5 nitrogen and oxygen atoms in total. The summed E-state index contributed by atoms with van der Waals surface area (Å²) in [4.78, 5) is 13.7. The van der Waals surface area contributed by atoms with Crippen molar-refractivity contribution in [3.8, 4) is 0 Å². The quantitative estimate of drug-likeness (QED) is 0.225. The third-order valence-electron chi connectivity index (χ3n) is 2.68. The van der Waals surface area contributed by atoms with E-state index in [4.69, 9.17) is 10.9 Å². The van der Waals surface area contributed by atoms with Crippen LogP contribution in [0, 0.1) is 0 Å². The maximum atomic E-state index is 11.9. The van der Waals surface area contributed by atoms with Crippen LogP contribution in [0.5, 0.6) is 0 Å². The molecule has 0 rings (SSSR count). The molecule has 0 heterocycles. The molecule has 0 fully saturated rings. The number of amides is 1. The van der Waals surface area contributed by atoms with Crippen LogP contribution in [0.25, 0.3) is 0 Å². The molecule has 0 saturated carbocycles. The second-order valence-electron chi connectivity index (χ2n) is 4.48. The van der Waals surface area contributed by atoms with Gasteiger partial charge in [0.05, 0.1) is 0 Å². The van der Waals surface area contributed by atoms with Gasteiger partial charge in [-0.05, 0) is 20.3 Å². The Kier molecular flexibility index (Phi) is 8.19. The Balaban J connectivity index is 4.17. The van der Waals surface area contributed by atoms with Crippen LogP contribution in [0.4, 0.5) is 0 Å². The van der Waals surface area contributed by atoms with Gasteiger partial charge >= 0.3 is 0 Å². The van der Waals surface area contributed by atoms with E-state index >= 15 is 0 Å². The largest absolute Gasteiger partial charge is 0.409 e. The van der Waals surface area contributed by atoms with E-state index in [-0.39, 0.29) is 17.8 Å². The predicted molar refractivity (Wildman–Crippen MR) is 69.0 cm³/mol. The molecule has 100 valence electrons. The molecule has 0 spiro atoms. The first-order valence-corrected chi connectivity index (χ1v) is 6.28. The number of oxime groups is 1. The minimum absolute atomic E-state index is 0.149. The van der Waals surface area contributed by atoms with Crippen molar-refractivity contribution in [3.63, 3.8) is 0 Å². The minimum atomic E-state index is 0.149. The molecule has 17 heavy (non-hydrogen) atoms. The van der Waals surface area contributed by atoms with Crippen LogP contribution in [0.15, 0.2) is 5.16 Å². The zero-order chi connectivity index (χ0) is 13.3. The molecule has 5 heteroatoms. The van der Waals surface area contributed by atoms with Crippen molar-refractivity contribution in [2.24, 2.45) is 10.9 Å². The van der Waals surface area contributed by atoms with Gasteiger partial charge in [0.15, 0.2) is 0 Å². The van der Waals surface area contributed by atoms with Crippen LogP contribution >= 0.6 is 0 Å². The molecule has 0 aliphatic heterocycles. The Morgan fingerprint density at radius 2 is 2.00 bits per heavy atom. The van der Waals surface area contributed by atoms with E-state index in [0.717, 1.165) is 19.3 Å². The van der Waals surface area contributed by atoms with Gasteiger partial charge in [0, 0.05) is 25.4 Å². The molecule has 0 saturated heterocycles. The smallest absolute Gasteiger partial charge is 0.222 e. The van der Waals surface area contributed by atoms with E-state index in [9.17, 15) is 4.79 Å².